The molecule has 142 valence electrons. The summed E-state index contributed by atoms with van der Waals surface area (Å²) in [4.78, 5) is 23.5. The average molecular weight is 412 g/mol. The van der Waals surface area contributed by atoms with Crippen LogP contribution in [0.1, 0.15) is 29.9 Å². The van der Waals surface area contributed by atoms with E-state index in [-0.39, 0.29) is 16.0 Å². The van der Waals surface area contributed by atoms with Gasteiger partial charge in [-0.2, -0.15) is 0 Å². The Morgan fingerprint density at radius 2 is 1.75 bits per heavy atom. The topological polar surface area (TPSA) is 39.1 Å². The summed E-state index contributed by atoms with van der Waals surface area (Å²) >= 11 is 11.6. The van der Waals surface area contributed by atoms with Gasteiger partial charge >= 0.3 is 0 Å². The van der Waals surface area contributed by atoms with Crippen LogP contribution >= 0.6 is 23.2 Å². The van der Waals surface area contributed by atoms with Gasteiger partial charge < -0.3 is 4.57 Å². The predicted octanol–water partition coefficient (Wildman–Crippen LogP) is 6.01. The molecule has 4 rings (SSSR count). The normalized spacial score (nSPS) is 14.7. The van der Waals surface area contributed by atoms with E-state index in [9.17, 15) is 9.59 Å². The van der Waals surface area contributed by atoms with Crippen LogP contribution in [0.15, 0.2) is 54.7 Å². The standard InChI is InChI=1S/C23H19Cl2NO2/c1-23(2)11-19-20(14-6-4-3-5-7-14)17(12-26(19)13-23)15-8-9-18(24)16(10-15)21(27)22(25)28/h3-10,12H,11,13H2,1-2H3. The maximum atomic E-state index is 12.2. The van der Waals surface area contributed by atoms with Crippen LogP contribution in [0.25, 0.3) is 22.3 Å². The molecule has 1 aromatic heterocycles. The fraction of sp³-hybridized carbons (Fsp3) is 0.217. The summed E-state index contributed by atoms with van der Waals surface area (Å²) < 4.78 is 2.29. The molecule has 0 N–H and O–H groups in total. The summed E-state index contributed by atoms with van der Waals surface area (Å²) in [5.74, 6) is -0.789. The van der Waals surface area contributed by atoms with Crippen molar-refractivity contribution in [2.45, 2.75) is 26.8 Å². The van der Waals surface area contributed by atoms with E-state index in [0.29, 0.717) is 0 Å². The van der Waals surface area contributed by atoms with E-state index in [4.69, 9.17) is 23.2 Å². The zero-order valence-corrected chi connectivity index (χ0v) is 17.1. The zero-order chi connectivity index (χ0) is 20.1. The highest BCUT2D eigenvalue weighted by atomic mass is 35.5. The number of benzene rings is 2. The van der Waals surface area contributed by atoms with Gasteiger partial charge in [-0.1, -0.05) is 61.8 Å². The smallest absolute Gasteiger partial charge is 0.293 e. The molecule has 0 bridgehead atoms. The number of rotatable bonds is 4. The van der Waals surface area contributed by atoms with Gasteiger partial charge in [0.05, 0.1) is 5.02 Å². The Morgan fingerprint density at radius 1 is 1.04 bits per heavy atom. The lowest BCUT2D eigenvalue weighted by Gasteiger charge is -2.16. The number of carbonyl (C=O) groups is 2. The molecule has 0 aliphatic carbocycles. The minimum atomic E-state index is -1.04. The average Bonchev–Trinajstić information content (AvgIpc) is 3.13. The molecule has 0 saturated carbocycles. The number of nitrogens with zero attached hydrogens (tertiary/aromatic N) is 1. The van der Waals surface area contributed by atoms with Crippen molar-refractivity contribution in [3.8, 4) is 22.3 Å². The molecular weight excluding hydrogens is 393 g/mol. The Bertz CT molecular complexity index is 1100. The molecule has 5 heteroatoms. The van der Waals surface area contributed by atoms with Gasteiger partial charge in [-0.15, -0.1) is 0 Å². The van der Waals surface area contributed by atoms with Crippen LogP contribution in [-0.2, 0) is 17.8 Å². The lowest BCUT2D eigenvalue weighted by molar-refractivity contribution is -0.108. The minimum absolute atomic E-state index is 0.130. The van der Waals surface area contributed by atoms with E-state index >= 15 is 0 Å². The number of carbonyl (C=O) groups excluding carboxylic acids is 2. The first-order valence-corrected chi connectivity index (χ1v) is 9.84. The molecule has 2 heterocycles. The largest absolute Gasteiger partial charge is 0.350 e. The third-order valence-corrected chi connectivity index (χ3v) is 5.70. The van der Waals surface area contributed by atoms with E-state index in [0.717, 1.165) is 35.2 Å². The van der Waals surface area contributed by atoms with Crippen LogP contribution in [-0.4, -0.2) is 15.6 Å². The molecule has 0 saturated heterocycles. The fourth-order valence-corrected chi connectivity index (χ4v) is 4.32. The number of Topliss-reactive ketones (excluding diaryl/α,β-unsaturated/α-hetero) is 1. The molecule has 3 nitrogen and oxygen atoms in total. The predicted molar refractivity (Wildman–Crippen MR) is 113 cm³/mol. The summed E-state index contributed by atoms with van der Waals surface area (Å²) in [6.45, 7) is 5.46. The minimum Gasteiger partial charge on any atom is -0.350 e. The summed E-state index contributed by atoms with van der Waals surface area (Å²) in [6, 6.07) is 15.4. The van der Waals surface area contributed by atoms with Gasteiger partial charge in [0.2, 0.25) is 5.78 Å². The molecular formula is C23H19Cl2NO2. The van der Waals surface area contributed by atoms with Gasteiger partial charge in [0, 0.05) is 35.1 Å². The Labute approximate surface area is 173 Å². The number of fused-ring (bicyclic) bond motifs is 1. The summed E-state index contributed by atoms with van der Waals surface area (Å²) in [5, 5.41) is -0.819. The molecule has 2 aromatic carbocycles. The molecule has 0 amide bonds. The highest BCUT2D eigenvalue weighted by molar-refractivity contribution is 6.83. The summed E-state index contributed by atoms with van der Waals surface area (Å²) in [5.41, 5.74) is 5.74. The van der Waals surface area contributed by atoms with Crippen LogP contribution in [0, 0.1) is 5.41 Å². The van der Waals surface area contributed by atoms with Crippen molar-refractivity contribution in [1.82, 2.24) is 4.57 Å². The van der Waals surface area contributed by atoms with Crippen molar-refractivity contribution >= 4 is 34.2 Å². The number of halogens is 2. The number of hydrogen-bond donors (Lipinski definition) is 0. The summed E-state index contributed by atoms with van der Waals surface area (Å²) in [6.07, 6.45) is 3.10. The molecule has 0 radical (unpaired) electrons. The Balaban J connectivity index is 1.92. The van der Waals surface area contributed by atoms with Crippen molar-refractivity contribution in [3.63, 3.8) is 0 Å². The molecule has 1 aliphatic heterocycles. The van der Waals surface area contributed by atoms with E-state index in [2.05, 4.69) is 36.7 Å². The summed E-state index contributed by atoms with van der Waals surface area (Å²) in [7, 11) is 0. The molecule has 28 heavy (non-hydrogen) atoms. The lowest BCUT2D eigenvalue weighted by Crippen LogP contribution is -2.12. The van der Waals surface area contributed by atoms with E-state index in [1.807, 2.05) is 24.3 Å². The Hall–Kier alpha value is -2.36. The highest BCUT2D eigenvalue weighted by Crippen LogP contribution is 2.44. The van der Waals surface area contributed by atoms with Crippen molar-refractivity contribution in [2.75, 3.05) is 0 Å². The number of ketones is 1. The molecule has 1 aliphatic rings. The van der Waals surface area contributed by atoms with Crippen LogP contribution in [0.4, 0.5) is 0 Å². The molecule has 3 aromatic rings. The maximum Gasteiger partial charge on any atom is 0.293 e. The van der Waals surface area contributed by atoms with Gasteiger partial charge in [0.25, 0.3) is 5.24 Å². The fourth-order valence-electron chi connectivity index (χ4n) is 4.02. The van der Waals surface area contributed by atoms with Gasteiger partial charge in [0.1, 0.15) is 0 Å². The molecule has 0 spiro atoms. The molecule has 0 unspecified atom stereocenters. The quantitative estimate of drug-likeness (QED) is 0.299. The first kappa shape index (κ1) is 19.0. The SMILES string of the molecule is CC1(C)Cc2c(-c3ccccc3)c(-c3ccc(Cl)c(C(=O)C(=O)Cl)c3)cn2C1. The van der Waals surface area contributed by atoms with Crippen LogP contribution < -0.4 is 0 Å². The molecule has 0 fully saturated rings. The highest BCUT2D eigenvalue weighted by Gasteiger charge is 2.33. The van der Waals surface area contributed by atoms with Crippen molar-refractivity contribution in [1.29, 1.82) is 0 Å². The second-order valence-corrected chi connectivity index (χ2v) is 8.75. The maximum absolute atomic E-state index is 12.2. The molecule has 0 atom stereocenters. The van der Waals surface area contributed by atoms with Gasteiger partial charge in [-0.25, -0.2) is 0 Å². The van der Waals surface area contributed by atoms with Crippen LogP contribution in [0.3, 0.4) is 0 Å². The first-order chi connectivity index (χ1) is 13.3. The Kier molecular flexibility index (Phi) is 4.68. The van der Waals surface area contributed by atoms with E-state index in [1.165, 1.54) is 5.69 Å². The zero-order valence-electron chi connectivity index (χ0n) is 15.6. The second kappa shape index (κ2) is 6.91. The number of aromatic nitrogens is 1. The Morgan fingerprint density at radius 3 is 2.43 bits per heavy atom. The van der Waals surface area contributed by atoms with Crippen molar-refractivity contribution in [3.05, 3.63) is 71.0 Å². The van der Waals surface area contributed by atoms with Gasteiger partial charge in [-0.3, -0.25) is 9.59 Å². The van der Waals surface area contributed by atoms with Crippen molar-refractivity contribution < 1.29 is 9.59 Å². The van der Waals surface area contributed by atoms with Gasteiger partial charge in [-0.05, 0) is 46.7 Å². The van der Waals surface area contributed by atoms with Gasteiger partial charge in [0.15, 0.2) is 0 Å². The number of hydrogen-bond acceptors (Lipinski definition) is 2. The first-order valence-electron chi connectivity index (χ1n) is 9.08. The second-order valence-electron chi connectivity index (χ2n) is 8.00. The van der Waals surface area contributed by atoms with Crippen LogP contribution in [0.5, 0.6) is 0 Å². The monoisotopic (exact) mass is 411 g/mol. The third kappa shape index (κ3) is 3.30. The third-order valence-electron chi connectivity index (χ3n) is 5.20. The van der Waals surface area contributed by atoms with Crippen molar-refractivity contribution in [2.24, 2.45) is 5.41 Å². The van der Waals surface area contributed by atoms with E-state index in [1.54, 1.807) is 12.1 Å². The van der Waals surface area contributed by atoms with Crippen LogP contribution in [0.2, 0.25) is 5.02 Å². The van der Waals surface area contributed by atoms with E-state index < -0.39 is 11.0 Å². The lowest BCUT2D eigenvalue weighted by atomic mass is 9.87.